The minimum absolute atomic E-state index is 0.189. The molecule has 0 bridgehead atoms. The zero-order valence-electron chi connectivity index (χ0n) is 23.8. The molecule has 1 aliphatic rings. The largest absolute Gasteiger partial charge is 0.463 e. The van der Waals surface area contributed by atoms with Crippen LogP contribution in [-0.2, 0) is 9.53 Å². The number of fused-ring (bicyclic) bond motifs is 1. The Hall–Kier alpha value is -3.71. The number of hydrogen-bond acceptors (Lipinski definition) is 10. The minimum atomic E-state index is -0.744. The Morgan fingerprint density at radius 3 is 2.64 bits per heavy atom. The van der Waals surface area contributed by atoms with E-state index in [2.05, 4.69) is 25.9 Å². The monoisotopic (exact) mass is 704 g/mol. The number of aromatic nitrogens is 3. The molecule has 0 saturated carbocycles. The predicted molar refractivity (Wildman–Crippen MR) is 177 cm³/mol. The van der Waals surface area contributed by atoms with Gasteiger partial charge in [0.05, 0.1) is 32.9 Å². The lowest BCUT2D eigenvalue weighted by Gasteiger charge is -2.26. The Morgan fingerprint density at radius 1 is 1.16 bits per heavy atom. The normalized spacial score (nSPS) is 14.8. The molecule has 1 atom stereocenters. The number of hydrogen-bond donors (Lipinski definition) is 0. The van der Waals surface area contributed by atoms with Gasteiger partial charge in [-0.25, -0.2) is 19.8 Å². The number of esters is 1. The van der Waals surface area contributed by atoms with Crippen molar-refractivity contribution in [2.24, 2.45) is 4.99 Å². The summed E-state index contributed by atoms with van der Waals surface area (Å²) in [6.07, 6.45) is 5.39. The number of ether oxygens (including phenoxy) is 1. The fourth-order valence-corrected chi connectivity index (χ4v) is 7.44. The van der Waals surface area contributed by atoms with E-state index in [1.807, 2.05) is 73.8 Å². The summed E-state index contributed by atoms with van der Waals surface area (Å²) in [6, 6.07) is 20.2. The van der Waals surface area contributed by atoms with Crippen molar-refractivity contribution in [2.75, 3.05) is 12.9 Å². The first-order chi connectivity index (χ1) is 21.4. The Bertz CT molecular complexity index is 2070. The Kier molecular flexibility index (Phi) is 9.03. The van der Waals surface area contributed by atoms with Crippen LogP contribution in [0, 0.1) is 6.92 Å². The minimum Gasteiger partial charge on any atom is -0.463 e. The summed E-state index contributed by atoms with van der Waals surface area (Å²) >= 11 is 7.70. The summed E-state index contributed by atoms with van der Waals surface area (Å²) in [5.74, 6) is -0.0376. The van der Waals surface area contributed by atoms with E-state index in [4.69, 9.17) is 14.1 Å². The Balaban J connectivity index is 1.52. The van der Waals surface area contributed by atoms with E-state index in [0.717, 1.165) is 21.7 Å². The van der Waals surface area contributed by atoms with Crippen LogP contribution in [0.2, 0.25) is 0 Å². The zero-order valence-corrected chi connectivity index (χ0v) is 27.9. The third kappa shape index (κ3) is 6.12. The predicted octanol–water partition coefficient (Wildman–Crippen LogP) is 6.26. The number of halogens is 1. The van der Waals surface area contributed by atoms with Crippen LogP contribution in [0.4, 0.5) is 0 Å². The van der Waals surface area contributed by atoms with Crippen LogP contribution in [-0.4, -0.2) is 33.4 Å². The van der Waals surface area contributed by atoms with Gasteiger partial charge >= 0.3 is 5.97 Å². The first-order valence-electron chi connectivity index (χ1n) is 13.6. The number of carbonyl (C=O) groups is 1. The van der Waals surface area contributed by atoms with Gasteiger partial charge in [-0.2, -0.15) is 0 Å². The van der Waals surface area contributed by atoms with Crippen molar-refractivity contribution in [3.05, 3.63) is 125 Å². The molecule has 1 aliphatic heterocycles. The molecule has 0 N–H and O–H groups in total. The SMILES string of the molecule is CCOC(=O)C1=C(c2ccccc2)N=c2s/c(=C/c3cc(Br)c(Sc4nccc(C)n4)o3)c(=O)n2[C@@H]1c1ccc(SC)cc1. The van der Waals surface area contributed by atoms with E-state index in [1.54, 1.807) is 41.6 Å². The van der Waals surface area contributed by atoms with Gasteiger partial charge in [-0.1, -0.05) is 53.8 Å². The Labute approximate surface area is 273 Å². The molecular formula is C32H25BrN4O4S3. The van der Waals surface area contributed by atoms with Gasteiger partial charge in [0, 0.05) is 28.4 Å². The van der Waals surface area contributed by atoms with Gasteiger partial charge in [0.15, 0.2) is 15.1 Å². The number of thioether (sulfide) groups is 1. The van der Waals surface area contributed by atoms with E-state index in [9.17, 15) is 9.59 Å². The molecule has 44 heavy (non-hydrogen) atoms. The first kappa shape index (κ1) is 30.3. The lowest BCUT2D eigenvalue weighted by atomic mass is 9.93. The van der Waals surface area contributed by atoms with E-state index >= 15 is 0 Å². The maximum Gasteiger partial charge on any atom is 0.338 e. The van der Waals surface area contributed by atoms with Crippen LogP contribution in [0.15, 0.2) is 112 Å². The maximum atomic E-state index is 14.1. The second-order valence-electron chi connectivity index (χ2n) is 9.57. The van der Waals surface area contributed by atoms with Crippen molar-refractivity contribution in [3.63, 3.8) is 0 Å². The molecule has 0 fully saturated rings. The fraction of sp³-hybridized carbons (Fsp3) is 0.156. The van der Waals surface area contributed by atoms with E-state index in [0.29, 0.717) is 41.1 Å². The van der Waals surface area contributed by atoms with Crippen molar-refractivity contribution >= 4 is 68.5 Å². The quantitative estimate of drug-likeness (QED) is 0.106. The van der Waals surface area contributed by atoms with Crippen molar-refractivity contribution in [1.29, 1.82) is 0 Å². The van der Waals surface area contributed by atoms with Crippen molar-refractivity contribution in [3.8, 4) is 0 Å². The highest BCUT2D eigenvalue weighted by Gasteiger charge is 2.35. The van der Waals surface area contributed by atoms with E-state index in [1.165, 1.54) is 23.1 Å². The van der Waals surface area contributed by atoms with Crippen LogP contribution in [0.25, 0.3) is 11.8 Å². The van der Waals surface area contributed by atoms with Crippen LogP contribution in [0.1, 0.15) is 35.5 Å². The smallest absolute Gasteiger partial charge is 0.338 e. The third-order valence-corrected chi connectivity index (χ3v) is 10.2. The molecule has 3 aromatic heterocycles. The summed E-state index contributed by atoms with van der Waals surface area (Å²) < 4.78 is 14.3. The fourth-order valence-electron chi connectivity index (χ4n) is 4.74. The molecule has 4 heterocycles. The van der Waals surface area contributed by atoms with Gasteiger partial charge in [-0.05, 0) is 77.6 Å². The first-order valence-corrected chi connectivity index (χ1v) is 17.2. The van der Waals surface area contributed by atoms with Crippen molar-refractivity contribution in [2.45, 2.75) is 35.0 Å². The van der Waals surface area contributed by atoms with E-state index in [-0.39, 0.29) is 12.2 Å². The van der Waals surface area contributed by atoms with Gasteiger partial charge in [-0.15, -0.1) is 11.8 Å². The summed E-state index contributed by atoms with van der Waals surface area (Å²) in [6.45, 7) is 3.85. The third-order valence-electron chi connectivity index (χ3n) is 6.71. The van der Waals surface area contributed by atoms with Gasteiger partial charge in [0.2, 0.25) is 0 Å². The molecule has 0 unspecified atom stereocenters. The number of aryl methyl sites for hydroxylation is 1. The molecule has 0 aliphatic carbocycles. The summed E-state index contributed by atoms with van der Waals surface area (Å²) in [7, 11) is 0. The summed E-state index contributed by atoms with van der Waals surface area (Å²) in [5, 5.41) is 1.12. The summed E-state index contributed by atoms with van der Waals surface area (Å²) in [4.78, 5) is 42.9. The Morgan fingerprint density at radius 2 is 1.93 bits per heavy atom. The number of thiazole rings is 1. The van der Waals surface area contributed by atoms with Crippen molar-refractivity contribution < 1.29 is 13.9 Å². The molecule has 2 aromatic carbocycles. The number of carbonyl (C=O) groups excluding carboxylic acids is 1. The van der Waals surface area contributed by atoms with Gasteiger partial charge in [-0.3, -0.25) is 9.36 Å². The average Bonchev–Trinajstić information content (AvgIpc) is 3.53. The summed E-state index contributed by atoms with van der Waals surface area (Å²) in [5.41, 5.74) is 2.89. The molecule has 0 amide bonds. The molecule has 0 saturated heterocycles. The van der Waals surface area contributed by atoms with Crippen LogP contribution in [0.3, 0.4) is 0 Å². The molecule has 8 nitrogen and oxygen atoms in total. The number of nitrogens with zero attached hydrogens (tertiary/aromatic N) is 4. The molecule has 0 radical (unpaired) electrons. The number of furan rings is 1. The molecule has 6 rings (SSSR count). The van der Waals surface area contributed by atoms with Crippen molar-refractivity contribution in [1.82, 2.24) is 14.5 Å². The standard InChI is InChI=1S/C32H25BrN4O4S3/c1-4-40-29(39)25-26(19-8-6-5-7-9-19)36-32-37(27(25)20-10-12-22(42-3)13-11-20)28(38)24(43-32)17-21-16-23(33)30(41-21)44-31-34-15-14-18(2)35-31/h5-17,27H,4H2,1-3H3/b24-17+/t27-/m1/s1. The molecule has 222 valence electrons. The molecule has 0 spiro atoms. The molecule has 5 aromatic rings. The lowest BCUT2D eigenvalue weighted by molar-refractivity contribution is -0.138. The van der Waals surface area contributed by atoms with Crippen LogP contribution in [0.5, 0.6) is 0 Å². The second-order valence-corrected chi connectivity index (χ2v) is 13.3. The van der Waals surface area contributed by atoms with Gasteiger partial charge in [0.25, 0.3) is 5.56 Å². The van der Waals surface area contributed by atoms with E-state index < -0.39 is 12.0 Å². The van der Waals surface area contributed by atoms with Gasteiger partial charge < -0.3 is 9.15 Å². The highest BCUT2D eigenvalue weighted by Crippen LogP contribution is 2.36. The molecular weight excluding hydrogens is 680 g/mol. The second kappa shape index (κ2) is 13.1. The topological polar surface area (TPSA) is 99.6 Å². The van der Waals surface area contributed by atoms with Crippen LogP contribution >= 0.6 is 50.8 Å². The van der Waals surface area contributed by atoms with Crippen LogP contribution < -0.4 is 14.9 Å². The van der Waals surface area contributed by atoms with Gasteiger partial charge in [0.1, 0.15) is 5.76 Å². The highest BCUT2D eigenvalue weighted by atomic mass is 79.9. The average molecular weight is 706 g/mol. The molecule has 12 heteroatoms. The highest BCUT2D eigenvalue weighted by molar-refractivity contribution is 9.10. The number of rotatable bonds is 8. The lowest BCUT2D eigenvalue weighted by Crippen LogP contribution is -2.40. The number of benzene rings is 2. The zero-order chi connectivity index (χ0) is 30.8. The maximum absolute atomic E-state index is 14.1.